The van der Waals surface area contributed by atoms with E-state index in [1.165, 1.54) is 0 Å². The minimum atomic E-state index is -0.743. The van der Waals surface area contributed by atoms with Crippen LogP contribution in [0.15, 0.2) is 24.4 Å². The lowest BCUT2D eigenvalue weighted by atomic mass is 10.1. The first-order chi connectivity index (χ1) is 14.0. The number of carboxylic acid groups (broad SMARTS) is 1. The molecule has 2 N–H and O–H groups in total. The van der Waals surface area contributed by atoms with E-state index in [1.54, 1.807) is 10.9 Å². The number of imidazole rings is 1. The first-order valence-electron chi connectivity index (χ1n) is 9.51. The molecule has 1 saturated carbocycles. The third-order valence-corrected chi connectivity index (χ3v) is 5.64. The second-order valence-electron chi connectivity index (χ2n) is 7.48. The largest absolute Gasteiger partial charge is 0.481 e. The number of hydrogen-bond donors (Lipinski definition) is 2. The van der Waals surface area contributed by atoms with Gasteiger partial charge in [0.25, 0.3) is 0 Å². The van der Waals surface area contributed by atoms with Crippen LogP contribution in [0, 0.1) is 12.8 Å². The van der Waals surface area contributed by atoms with Crippen LogP contribution in [-0.2, 0) is 11.8 Å². The fourth-order valence-electron chi connectivity index (χ4n) is 3.93. The monoisotopic (exact) mass is 392 g/mol. The van der Waals surface area contributed by atoms with E-state index in [2.05, 4.69) is 30.6 Å². The zero-order chi connectivity index (χ0) is 20.1. The Morgan fingerprint density at radius 2 is 2.10 bits per heavy atom. The molecule has 10 nitrogen and oxygen atoms in total. The summed E-state index contributed by atoms with van der Waals surface area (Å²) >= 11 is 0. The van der Waals surface area contributed by atoms with E-state index in [9.17, 15) is 9.90 Å². The van der Waals surface area contributed by atoms with Gasteiger partial charge in [-0.05, 0) is 44.4 Å². The summed E-state index contributed by atoms with van der Waals surface area (Å²) in [6.07, 6.45) is 3.65. The number of carboxylic acids is 1. The predicted octanol–water partition coefficient (Wildman–Crippen LogP) is 2.07. The van der Waals surface area contributed by atoms with E-state index < -0.39 is 5.97 Å². The summed E-state index contributed by atoms with van der Waals surface area (Å²) in [6, 6.07) is 5.97. The Balaban J connectivity index is 1.48. The van der Waals surface area contributed by atoms with Crippen LogP contribution in [0.25, 0.3) is 27.9 Å². The number of aliphatic carboxylic acids is 1. The number of nitrogens with one attached hydrogen (secondary N) is 1. The molecular weight excluding hydrogens is 372 g/mol. The molecule has 0 bridgehead atoms. The molecule has 0 radical (unpaired) electrons. The molecule has 1 fully saturated rings. The zero-order valence-electron chi connectivity index (χ0n) is 16.1. The van der Waals surface area contributed by atoms with Gasteiger partial charge in [0.15, 0.2) is 11.2 Å². The highest BCUT2D eigenvalue weighted by Gasteiger charge is 2.30. The molecule has 3 aromatic heterocycles. The smallest absolute Gasteiger partial charge is 0.306 e. The molecule has 1 aliphatic rings. The highest BCUT2D eigenvalue weighted by Crippen LogP contribution is 2.28. The summed E-state index contributed by atoms with van der Waals surface area (Å²) in [7, 11) is 1.98. The highest BCUT2D eigenvalue weighted by atomic mass is 16.4. The molecule has 0 unspecified atom stereocenters. The number of carbonyl (C=O) groups is 1. The number of aryl methyl sites for hydroxylation is 2. The molecule has 10 heteroatoms. The normalized spacial score (nSPS) is 19.2. The van der Waals surface area contributed by atoms with E-state index in [1.807, 2.05) is 36.7 Å². The van der Waals surface area contributed by atoms with Crippen LogP contribution < -0.4 is 5.32 Å². The number of fused-ring (bicyclic) bond motifs is 2. The SMILES string of the molecule is Cc1nc2cc(-n3nnc4cnc(N[C@@H]5CC[C@@H](C(=O)O)C5)nc43)ccc2n1C. The zero-order valence-corrected chi connectivity index (χ0v) is 16.1. The summed E-state index contributed by atoms with van der Waals surface area (Å²) in [5.74, 6) is 0.336. The van der Waals surface area contributed by atoms with E-state index in [0.29, 0.717) is 30.0 Å². The summed E-state index contributed by atoms with van der Waals surface area (Å²) in [4.78, 5) is 24.7. The average molecular weight is 392 g/mol. The Kier molecular flexibility index (Phi) is 3.93. The maximum atomic E-state index is 11.2. The fraction of sp³-hybridized carbons (Fsp3) is 0.368. The van der Waals surface area contributed by atoms with Gasteiger partial charge < -0.3 is 15.0 Å². The quantitative estimate of drug-likeness (QED) is 0.541. The van der Waals surface area contributed by atoms with Crippen molar-refractivity contribution in [3.8, 4) is 5.69 Å². The van der Waals surface area contributed by atoms with Crippen molar-refractivity contribution in [2.75, 3.05) is 5.32 Å². The molecule has 0 amide bonds. The Labute approximate surface area is 165 Å². The van der Waals surface area contributed by atoms with Gasteiger partial charge in [0, 0.05) is 13.1 Å². The molecular formula is C19H20N8O2. The lowest BCUT2D eigenvalue weighted by molar-refractivity contribution is -0.141. The van der Waals surface area contributed by atoms with Crippen molar-refractivity contribution < 1.29 is 9.90 Å². The summed E-state index contributed by atoms with van der Waals surface area (Å²) in [5.41, 5.74) is 3.91. The molecule has 5 rings (SSSR count). The Hall–Kier alpha value is -3.56. The van der Waals surface area contributed by atoms with Crippen LogP contribution >= 0.6 is 0 Å². The van der Waals surface area contributed by atoms with Crippen LogP contribution in [0.3, 0.4) is 0 Å². The van der Waals surface area contributed by atoms with Gasteiger partial charge in [0.1, 0.15) is 5.82 Å². The number of hydrogen-bond acceptors (Lipinski definition) is 7. The maximum Gasteiger partial charge on any atom is 0.306 e. The molecule has 0 spiro atoms. The maximum absolute atomic E-state index is 11.2. The van der Waals surface area contributed by atoms with Gasteiger partial charge in [-0.3, -0.25) is 4.79 Å². The van der Waals surface area contributed by atoms with E-state index in [0.717, 1.165) is 29.0 Å². The molecule has 1 aliphatic carbocycles. The van der Waals surface area contributed by atoms with Crippen molar-refractivity contribution in [2.24, 2.45) is 13.0 Å². The van der Waals surface area contributed by atoms with Crippen molar-refractivity contribution in [3.05, 3.63) is 30.2 Å². The standard InChI is InChI=1S/C19H20N8O2/c1-10-21-14-8-13(5-6-16(14)26(10)2)27-17-15(24-25-27)9-20-19(23-17)22-12-4-3-11(7-12)18(28)29/h5-6,8-9,11-12H,3-4,7H2,1-2H3,(H,28,29)(H,20,22,23)/t11-,12-/m1/s1. The first kappa shape index (κ1) is 17.5. The van der Waals surface area contributed by atoms with E-state index in [4.69, 9.17) is 0 Å². The van der Waals surface area contributed by atoms with Gasteiger partial charge in [-0.25, -0.2) is 9.97 Å². The minimum absolute atomic E-state index is 0.0470. The highest BCUT2D eigenvalue weighted by molar-refractivity contribution is 5.80. The number of aromatic nitrogens is 7. The average Bonchev–Trinajstić information content (AvgIpc) is 3.40. The van der Waals surface area contributed by atoms with Gasteiger partial charge in [0.2, 0.25) is 5.95 Å². The van der Waals surface area contributed by atoms with E-state index in [-0.39, 0.29) is 12.0 Å². The number of rotatable bonds is 4. The van der Waals surface area contributed by atoms with E-state index >= 15 is 0 Å². The fourth-order valence-corrected chi connectivity index (χ4v) is 3.93. The second-order valence-corrected chi connectivity index (χ2v) is 7.48. The van der Waals surface area contributed by atoms with Gasteiger partial charge in [0.05, 0.1) is 28.8 Å². The molecule has 2 atom stereocenters. The Morgan fingerprint density at radius 1 is 1.24 bits per heavy atom. The van der Waals surface area contributed by atoms with Gasteiger partial charge in [-0.15, -0.1) is 5.10 Å². The number of benzene rings is 1. The molecule has 148 valence electrons. The van der Waals surface area contributed by atoms with Crippen molar-refractivity contribution in [1.29, 1.82) is 0 Å². The Bertz CT molecular complexity index is 1240. The summed E-state index contributed by atoms with van der Waals surface area (Å²) in [6.45, 7) is 1.97. The number of anilines is 1. The van der Waals surface area contributed by atoms with Crippen molar-refractivity contribution in [1.82, 2.24) is 34.5 Å². The van der Waals surface area contributed by atoms with Crippen LogP contribution in [0.4, 0.5) is 5.95 Å². The third kappa shape index (κ3) is 2.96. The molecule has 0 saturated heterocycles. The van der Waals surface area contributed by atoms with Gasteiger partial charge >= 0.3 is 5.97 Å². The van der Waals surface area contributed by atoms with Crippen molar-refractivity contribution >= 4 is 34.1 Å². The molecule has 1 aromatic carbocycles. The number of nitrogens with zero attached hydrogens (tertiary/aromatic N) is 7. The molecule has 0 aliphatic heterocycles. The second kappa shape index (κ2) is 6.50. The van der Waals surface area contributed by atoms with Gasteiger partial charge in [-0.1, -0.05) is 5.21 Å². The minimum Gasteiger partial charge on any atom is -0.481 e. The molecule has 4 aromatic rings. The topological polar surface area (TPSA) is 124 Å². The van der Waals surface area contributed by atoms with Crippen LogP contribution in [-0.4, -0.2) is 51.6 Å². The van der Waals surface area contributed by atoms with Crippen LogP contribution in [0.5, 0.6) is 0 Å². The predicted molar refractivity (Wildman–Crippen MR) is 106 cm³/mol. The van der Waals surface area contributed by atoms with Gasteiger partial charge in [-0.2, -0.15) is 9.67 Å². The Morgan fingerprint density at radius 3 is 2.90 bits per heavy atom. The lowest BCUT2D eigenvalue weighted by Gasteiger charge is -2.12. The van der Waals surface area contributed by atoms with Crippen molar-refractivity contribution in [3.63, 3.8) is 0 Å². The van der Waals surface area contributed by atoms with Crippen LogP contribution in [0.1, 0.15) is 25.1 Å². The molecule has 29 heavy (non-hydrogen) atoms. The summed E-state index contributed by atoms with van der Waals surface area (Å²) in [5, 5.41) is 20.8. The van der Waals surface area contributed by atoms with Crippen LogP contribution in [0.2, 0.25) is 0 Å². The summed E-state index contributed by atoms with van der Waals surface area (Å²) < 4.78 is 3.70. The first-order valence-corrected chi connectivity index (χ1v) is 9.51. The van der Waals surface area contributed by atoms with Crippen molar-refractivity contribution in [2.45, 2.75) is 32.2 Å². The molecule has 3 heterocycles. The lowest BCUT2D eigenvalue weighted by Crippen LogP contribution is -2.19. The third-order valence-electron chi connectivity index (χ3n) is 5.64.